The van der Waals surface area contributed by atoms with Gasteiger partial charge in [-0.3, -0.25) is 23.9 Å². The minimum Gasteiger partial charge on any atom is -0.490 e. The van der Waals surface area contributed by atoms with Crippen molar-refractivity contribution >= 4 is 78.3 Å². The predicted molar refractivity (Wildman–Crippen MR) is 375 cm³/mol. The summed E-state index contributed by atoms with van der Waals surface area (Å²) in [6, 6.07) is 22.6. The fourth-order valence-electron chi connectivity index (χ4n) is 15.8. The average molecular weight is 1420 g/mol. The Balaban J connectivity index is 0.000000198. The molecule has 7 N–H and O–H groups in total. The number of hydrogen-bond donors (Lipinski definition) is 5. The lowest BCUT2D eigenvalue weighted by atomic mass is 9.68. The Labute approximate surface area is 581 Å². The number of carbonyl (C=O) groups excluding carboxylic acids is 4. The van der Waals surface area contributed by atoms with Gasteiger partial charge in [0.1, 0.15) is 11.5 Å². The third-order valence-corrected chi connectivity index (χ3v) is 22.4. The van der Waals surface area contributed by atoms with E-state index in [4.69, 9.17) is 47.9 Å². The van der Waals surface area contributed by atoms with Crippen LogP contribution in [0.3, 0.4) is 0 Å². The maximum Gasteiger partial charge on any atom is 0.270 e. The van der Waals surface area contributed by atoms with Crippen LogP contribution in [0.15, 0.2) is 97.1 Å². The average Bonchev–Trinajstić information content (AvgIpc) is 1.71. The molecule has 4 bridgehead atoms. The number of anilines is 2. The number of primary amides is 1. The summed E-state index contributed by atoms with van der Waals surface area (Å²) in [5.41, 5.74) is 7.51. The number of benzene rings is 4. The highest BCUT2D eigenvalue weighted by molar-refractivity contribution is 7.89. The monoisotopic (exact) mass is 1420 g/mol. The Morgan fingerprint density at radius 2 is 1.05 bits per heavy atom. The zero-order chi connectivity index (χ0) is 69.8. The van der Waals surface area contributed by atoms with Gasteiger partial charge in [-0.05, 0) is 195 Å². The number of nitrogens with zero attached hydrogens (tertiary/aromatic N) is 4. The van der Waals surface area contributed by atoms with Gasteiger partial charge in [0, 0.05) is 88.5 Å². The van der Waals surface area contributed by atoms with E-state index in [1.54, 1.807) is 57.5 Å². The van der Waals surface area contributed by atoms with Crippen LogP contribution in [0.2, 0.25) is 10.0 Å². The molecule has 0 aromatic heterocycles. The molecule has 528 valence electrons. The van der Waals surface area contributed by atoms with Gasteiger partial charge in [-0.25, -0.2) is 22.0 Å². The third kappa shape index (κ3) is 16.8. The molecule has 10 atom stereocenters. The number of nitrogens with two attached hydrogens (primary N) is 2. The first kappa shape index (κ1) is 73.4. The summed E-state index contributed by atoms with van der Waals surface area (Å²) in [4.78, 5) is 60.9. The number of nitrogens with one attached hydrogen (secondary N) is 1. The largest absolute Gasteiger partial charge is 0.490 e. The molecule has 0 radical (unpaired) electrons. The minimum atomic E-state index is -4.04. The lowest BCUT2D eigenvalue weighted by molar-refractivity contribution is -0.148. The van der Waals surface area contributed by atoms with E-state index in [0.717, 1.165) is 113 Å². The second kappa shape index (κ2) is 30.3. The molecule has 2 spiro atoms. The molecule has 97 heavy (non-hydrogen) atoms. The number of carbonyl (C=O) groups is 4. The fourth-order valence-corrected chi connectivity index (χ4v) is 16.7. The topological polar surface area (TPSA) is 291 Å². The fraction of sp³-hybridized carbons (Fsp3) is 0.556. The molecule has 4 aliphatic heterocycles. The molecule has 2 fully saturated rings. The number of primary sulfonamides is 1. The number of methoxy groups -OCH3 is 2. The standard InChI is InChI=1S/C36H46ClN3O7S.C35H44ClN3O5.CH5NO2S/c1-39-17-6-4-5-9-31(46-2)28-13-10-25(28)21-40-22-35(16-7-8-24-18-27(37)12-14-29(24)35)23-47-32-15-11-26(19-30(32)40)36(43,20-33(39)41)34(42)38-48(3,44)45;1-38-16-5-3-4-8-30(43-2)27-12-9-24(27)20-39-21-34(15-6-7-23-17-26(36)11-13-28(23)34)22-44-31-14-10-25(18-29(31)39)35(42,33(37)41)19-32(38)40;1-5(2,3)4/h5,9,11-12,14-15,18-19,25,28,31,43H,4,6-8,10,13,16-17,20-23H2,1-3H3,(H,38,42);4,8,10-11,13-14,17-18,24,27,30,42H,3,5-7,9,12,15-16,19-22H2,1-2H3,(H2,37,41);1H3,(H2,2,3,4)/b9-5+;8-4+;/t25-,28+,31-,35-,36-;24-,27+,30-,34-,35+;/m00./s1. The molecule has 4 aromatic carbocycles. The summed E-state index contributed by atoms with van der Waals surface area (Å²) in [6.07, 6.45) is 22.3. The Morgan fingerprint density at radius 1 is 0.629 bits per heavy atom. The van der Waals surface area contributed by atoms with Crippen LogP contribution in [-0.4, -0.2) is 166 Å². The van der Waals surface area contributed by atoms with Crippen molar-refractivity contribution in [2.24, 2.45) is 34.5 Å². The van der Waals surface area contributed by atoms with Crippen molar-refractivity contribution in [1.29, 1.82) is 0 Å². The van der Waals surface area contributed by atoms with Crippen molar-refractivity contribution in [2.75, 3.05) is 103 Å². The first-order chi connectivity index (χ1) is 45.9. The molecule has 4 aliphatic carbocycles. The third-order valence-electron chi connectivity index (χ3n) is 21.4. The van der Waals surface area contributed by atoms with Gasteiger partial charge in [0.05, 0.1) is 62.1 Å². The van der Waals surface area contributed by atoms with E-state index in [1.807, 2.05) is 29.0 Å². The Morgan fingerprint density at radius 3 is 1.44 bits per heavy atom. The van der Waals surface area contributed by atoms with Crippen LogP contribution in [0.5, 0.6) is 11.5 Å². The van der Waals surface area contributed by atoms with Crippen LogP contribution in [0.25, 0.3) is 0 Å². The smallest absolute Gasteiger partial charge is 0.270 e. The number of rotatable bonds is 5. The van der Waals surface area contributed by atoms with Crippen molar-refractivity contribution in [1.82, 2.24) is 14.5 Å². The van der Waals surface area contributed by atoms with E-state index in [2.05, 4.69) is 63.5 Å². The first-order valence-corrected chi connectivity index (χ1v) is 38.3. The molecule has 4 aromatic rings. The van der Waals surface area contributed by atoms with Gasteiger partial charge in [0.15, 0.2) is 11.2 Å². The molecule has 8 aliphatic rings. The van der Waals surface area contributed by atoms with Crippen LogP contribution < -0.4 is 34.9 Å². The number of hydrogen-bond acceptors (Lipinski definition) is 16. The van der Waals surface area contributed by atoms with Crippen LogP contribution in [0, 0.1) is 23.7 Å². The van der Waals surface area contributed by atoms with Crippen molar-refractivity contribution in [3.05, 3.63) is 141 Å². The van der Waals surface area contributed by atoms with Crippen molar-refractivity contribution in [3.63, 3.8) is 0 Å². The quantitative estimate of drug-likeness (QED) is 0.118. The van der Waals surface area contributed by atoms with Gasteiger partial charge in [-0.1, -0.05) is 71.8 Å². The first-order valence-electron chi connectivity index (χ1n) is 33.7. The zero-order valence-electron chi connectivity index (χ0n) is 56.5. The van der Waals surface area contributed by atoms with Crippen LogP contribution in [-0.2, 0) is 83.6 Å². The van der Waals surface area contributed by atoms with Gasteiger partial charge in [0.25, 0.3) is 11.8 Å². The number of amides is 4. The number of aryl methyl sites for hydroxylation is 2. The summed E-state index contributed by atoms with van der Waals surface area (Å²) < 4.78 is 70.4. The number of ether oxygens (including phenoxy) is 4. The maximum absolute atomic E-state index is 13.6. The van der Waals surface area contributed by atoms with Gasteiger partial charge in [-0.15, -0.1) is 0 Å². The minimum absolute atomic E-state index is 0.0179. The molecule has 0 saturated heterocycles. The zero-order valence-corrected chi connectivity index (χ0v) is 59.6. The summed E-state index contributed by atoms with van der Waals surface area (Å²) in [6.45, 7) is 4.66. The SMILES string of the molecule is CO[C@H]1/C=C/CCCN(C)C(=O)C[C@@](O)(C(=O)NS(C)(=O)=O)c2ccc3c(c2)N(C[C@@H]2CC[C@H]21)C[C@@]1(CCCc2cc(Cl)ccc21)CO3.CO[C@H]1/C=C/CCCN(C)C(=O)C[C@](O)(C(N)=O)c2ccc3c(c2)N(C[C@@H]2CC[C@H]21)C[C@@]1(CCCc2cc(Cl)ccc21)CO3.CS(N)(=O)=O. The van der Waals surface area contributed by atoms with Gasteiger partial charge >= 0.3 is 0 Å². The van der Waals surface area contributed by atoms with Gasteiger partial charge in [-0.2, -0.15) is 0 Å². The van der Waals surface area contributed by atoms with Crippen LogP contribution in [0.4, 0.5) is 11.4 Å². The molecule has 25 heteroatoms. The van der Waals surface area contributed by atoms with Crippen LogP contribution in [0.1, 0.15) is 123 Å². The Hall–Kier alpha value is -6.28. The lowest BCUT2D eigenvalue weighted by Gasteiger charge is -2.46. The molecule has 4 amide bonds. The van der Waals surface area contributed by atoms with Crippen molar-refractivity contribution in [2.45, 2.75) is 137 Å². The Kier molecular flexibility index (Phi) is 22.9. The number of sulfonamides is 2. The van der Waals surface area contributed by atoms with Crippen LogP contribution >= 0.6 is 23.2 Å². The van der Waals surface area contributed by atoms with E-state index in [-0.39, 0.29) is 34.5 Å². The molecule has 12 rings (SSSR count). The second-order valence-corrected chi connectivity index (χ2v) is 32.5. The summed E-state index contributed by atoms with van der Waals surface area (Å²) >= 11 is 12.9. The molecule has 2 saturated carbocycles. The van der Waals surface area contributed by atoms with Crippen molar-refractivity contribution < 1.29 is 65.2 Å². The van der Waals surface area contributed by atoms with E-state index < -0.39 is 61.8 Å². The second-order valence-electron chi connectivity index (χ2n) is 28.2. The highest BCUT2D eigenvalue weighted by Gasteiger charge is 2.49. The normalized spacial score (nSPS) is 29.8. The molecular formula is C72H95Cl2N7O14S2. The number of fused-ring (bicyclic) bond motifs is 8. The van der Waals surface area contributed by atoms with Gasteiger partial charge < -0.3 is 54.5 Å². The number of halogens is 2. The van der Waals surface area contributed by atoms with E-state index in [1.165, 1.54) is 27.2 Å². The van der Waals surface area contributed by atoms with E-state index in [9.17, 15) is 46.2 Å². The van der Waals surface area contributed by atoms with E-state index >= 15 is 0 Å². The number of allylic oxidation sites excluding steroid dienone is 2. The van der Waals surface area contributed by atoms with E-state index in [0.29, 0.717) is 104 Å². The Bertz CT molecular complexity index is 3870. The summed E-state index contributed by atoms with van der Waals surface area (Å²) in [7, 11) is -0.359. The summed E-state index contributed by atoms with van der Waals surface area (Å²) in [5.74, 6) is -0.257. The molecule has 0 unspecified atom stereocenters. The lowest BCUT2D eigenvalue weighted by Crippen LogP contribution is -2.50. The highest BCUT2D eigenvalue weighted by atomic mass is 35.5. The highest BCUT2D eigenvalue weighted by Crippen LogP contribution is 2.51. The summed E-state index contributed by atoms with van der Waals surface area (Å²) in [5, 5.41) is 29.6. The molecule has 4 heterocycles. The molecular weight excluding hydrogens is 1320 g/mol. The van der Waals surface area contributed by atoms with Gasteiger partial charge in [0.2, 0.25) is 31.9 Å². The predicted octanol–water partition coefficient (Wildman–Crippen LogP) is 7.95. The number of aliphatic hydroxyl groups is 2. The van der Waals surface area contributed by atoms with Crippen molar-refractivity contribution in [3.8, 4) is 11.5 Å². The maximum atomic E-state index is 13.6. The molecule has 21 nitrogen and oxygen atoms in total.